The molecule has 0 fully saturated rings. The Bertz CT molecular complexity index is 755. The standard InChI is InChI=1S/C16H17F6N3O2/c1-15(2,11(26)6-12-23-7-24-25-12)13(27-16(21,22)14(19)20)9-4-3-8(17)5-10(9)18/h3-5,7,11,13-14,26H,6H2,1-2H3,(H,23,24,25). The minimum absolute atomic E-state index is 0.120. The molecule has 150 valence electrons. The van der Waals surface area contributed by atoms with Gasteiger partial charge < -0.3 is 9.84 Å². The van der Waals surface area contributed by atoms with Crippen LogP contribution in [0.1, 0.15) is 31.3 Å². The van der Waals surface area contributed by atoms with Gasteiger partial charge in [0.05, 0.1) is 12.2 Å². The number of aromatic nitrogens is 3. The normalized spacial score (nSPS) is 15.2. The first-order valence-corrected chi connectivity index (χ1v) is 7.76. The SMILES string of the molecule is CC(C)(C(O)Cc1nc[nH]n1)C(OC(F)(F)C(F)F)c1ccc(F)cc1F. The van der Waals surface area contributed by atoms with E-state index in [1.54, 1.807) is 0 Å². The van der Waals surface area contributed by atoms with Gasteiger partial charge in [0.1, 0.15) is 18.0 Å². The lowest BCUT2D eigenvalue weighted by Gasteiger charge is -2.39. The number of hydrogen-bond acceptors (Lipinski definition) is 4. The van der Waals surface area contributed by atoms with E-state index in [4.69, 9.17) is 0 Å². The molecule has 2 aromatic rings. The lowest BCUT2D eigenvalue weighted by atomic mass is 9.76. The smallest absolute Gasteiger partial charge is 0.392 e. The van der Waals surface area contributed by atoms with E-state index in [1.807, 2.05) is 0 Å². The summed E-state index contributed by atoms with van der Waals surface area (Å²) in [4.78, 5) is 3.77. The molecule has 0 saturated heterocycles. The van der Waals surface area contributed by atoms with Crippen LogP contribution < -0.4 is 0 Å². The topological polar surface area (TPSA) is 71.0 Å². The summed E-state index contributed by atoms with van der Waals surface area (Å²) in [7, 11) is 0. The Morgan fingerprint density at radius 1 is 1.22 bits per heavy atom. The van der Waals surface area contributed by atoms with E-state index in [0.717, 1.165) is 12.1 Å². The fraction of sp³-hybridized carbons (Fsp3) is 0.500. The third-order valence-corrected chi connectivity index (χ3v) is 4.15. The van der Waals surface area contributed by atoms with E-state index in [0.29, 0.717) is 6.07 Å². The van der Waals surface area contributed by atoms with E-state index in [2.05, 4.69) is 19.9 Å². The third-order valence-electron chi connectivity index (χ3n) is 4.15. The molecule has 2 rings (SSSR count). The second-order valence-corrected chi connectivity index (χ2v) is 6.48. The van der Waals surface area contributed by atoms with Crippen molar-refractivity contribution in [3.8, 4) is 0 Å². The number of nitrogens with zero attached hydrogens (tertiary/aromatic N) is 2. The lowest BCUT2D eigenvalue weighted by molar-refractivity contribution is -0.337. The Balaban J connectivity index is 2.43. The van der Waals surface area contributed by atoms with Gasteiger partial charge in [0.15, 0.2) is 5.82 Å². The zero-order chi connectivity index (χ0) is 20.4. The highest BCUT2D eigenvalue weighted by atomic mass is 19.3. The maximum absolute atomic E-state index is 14.2. The molecule has 0 aliphatic rings. The Morgan fingerprint density at radius 2 is 1.89 bits per heavy atom. The predicted molar refractivity (Wildman–Crippen MR) is 81.0 cm³/mol. The largest absolute Gasteiger partial charge is 0.417 e. The van der Waals surface area contributed by atoms with Crippen molar-refractivity contribution >= 4 is 0 Å². The number of aliphatic hydroxyl groups excluding tert-OH is 1. The summed E-state index contributed by atoms with van der Waals surface area (Å²) in [5.74, 6) is -2.15. The van der Waals surface area contributed by atoms with Crippen LogP contribution in [-0.4, -0.2) is 38.9 Å². The number of aromatic amines is 1. The molecule has 1 heterocycles. The monoisotopic (exact) mass is 397 g/mol. The summed E-state index contributed by atoms with van der Waals surface area (Å²) in [5, 5.41) is 16.6. The highest BCUT2D eigenvalue weighted by Crippen LogP contribution is 2.45. The number of nitrogens with one attached hydrogen (secondary N) is 1. The number of benzene rings is 1. The van der Waals surface area contributed by atoms with Crippen molar-refractivity contribution in [1.29, 1.82) is 0 Å². The second-order valence-electron chi connectivity index (χ2n) is 6.48. The molecular weight excluding hydrogens is 380 g/mol. The summed E-state index contributed by atoms with van der Waals surface area (Å²) in [6.45, 7) is 2.44. The van der Waals surface area contributed by atoms with Crippen molar-refractivity contribution in [2.24, 2.45) is 5.41 Å². The van der Waals surface area contributed by atoms with Gasteiger partial charge in [-0.15, -0.1) is 0 Å². The van der Waals surface area contributed by atoms with Gasteiger partial charge in [0.25, 0.3) is 0 Å². The van der Waals surface area contributed by atoms with Crippen LogP contribution in [0.25, 0.3) is 0 Å². The minimum Gasteiger partial charge on any atom is -0.392 e. The molecule has 0 aliphatic heterocycles. The number of ether oxygens (including phenoxy) is 1. The Hall–Kier alpha value is -2.14. The fourth-order valence-corrected chi connectivity index (χ4v) is 2.48. The Morgan fingerprint density at radius 3 is 2.41 bits per heavy atom. The zero-order valence-electron chi connectivity index (χ0n) is 14.3. The highest BCUT2D eigenvalue weighted by Gasteiger charge is 2.50. The molecule has 2 N–H and O–H groups in total. The maximum Gasteiger partial charge on any atom is 0.417 e. The van der Waals surface area contributed by atoms with Crippen molar-refractivity contribution in [3.05, 3.63) is 47.5 Å². The molecular formula is C16H17F6N3O2. The van der Waals surface area contributed by atoms with Crippen LogP contribution >= 0.6 is 0 Å². The number of aliphatic hydroxyl groups is 1. The van der Waals surface area contributed by atoms with Crippen LogP contribution in [0, 0.1) is 17.0 Å². The molecule has 1 aromatic heterocycles. The van der Waals surface area contributed by atoms with E-state index in [-0.39, 0.29) is 12.2 Å². The molecule has 2 atom stereocenters. The summed E-state index contributed by atoms with van der Waals surface area (Å²) in [6, 6.07) is 1.98. The highest BCUT2D eigenvalue weighted by molar-refractivity contribution is 5.23. The average Bonchev–Trinajstić information content (AvgIpc) is 3.06. The molecule has 0 radical (unpaired) electrons. The first kappa shape index (κ1) is 21.2. The molecule has 27 heavy (non-hydrogen) atoms. The molecule has 1 aromatic carbocycles. The molecule has 5 nitrogen and oxygen atoms in total. The predicted octanol–water partition coefficient (Wildman–Crippen LogP) is 3.63. The number of alkyl halides is 4. The molecule has 0 bridgehead atoms. The first-order chi connectivity index (χ1) is 12.4. The Kier molecular flexibility index (Phi) is 6.15. The second kappa shape index (κ2) is 7.85. The number of hydrogen-bond donors (Lipinski definition) is 2. The van der Waals surface area contributed by atoms with Crippen molar-refractivity contribution in [2.75, 3.05) is 0 Å². The number of H-pyrrole nitrogens is 1. The van der Waals surface area contributed by atoms with Crippen LogP contribution in [0.4, 0.5) is 26.3 Å². The van der Waals surface area contributed by atoms with Crippen LogP contribution in [0.2, 0.25) is 0 Å². The van der Waals surface area contributed by atoms with Crippen LogP contribution in [-0.2, 0) is 11.2 Å². The van der Waals surface area contributed by atoms with Crippen molar-refractivity contribution in [1.82, 2.24) is 15.2 Å². The van der Waals surface area contributed by atoms with Gasteiger partial charge in [-0.1, -0.05) is 19.9 Å². The van der Waals surface area contributed by atoms with E-state index in [1.165, 1.54) is 20.2 Å². The van der Waals surface area contributed by atoms with E-state index < -0.39 is 47.4 Å². The van der Waals surface area contributed by atoms with Crippen molar-refractivity contribution < 1.29 is 36.2 Å². The number of rotatable bonds is 8. The molecule has 0 amide bonds. The number of halogens is 6. The zero-order valence-corrected chi connectivity index (χ0v) is 14.3. The van der Waals surface area contributed by atoms with Crippen molar-refractivity contribution in [2.45, 2.75) is 45.0 Å². The summed E-state index contributed by atoms with van der Waals surface area (Å²) in [5.41, 5.74) is -2.31. The maximum atomic E-state index is 14.2. The fourth-order valence-electron chi connectivity index (χ4n) is 2.48. The van der Waals surface area contributed by atoms with Gasteiger partial charge in [-0.3, -0.25) is 5.10 Å². The molecule has 0 aliphatic carbocycles. The third kappa shape index (κ3) is 4.78. The van der Waals surface area contributed by atoms with Crippen LogP contribution in [0.3, 0.4) is 0 Å². The van der Waals surface area contributed by atoms with Gasteiger partial charge in [0, 0.05) is 23.5 Å². The molecule has 11 heteroatoms. The van der Waals surface area contributed by atoms with Crippen molar-refractivity contribution in [3.63, 3.8) is 0 Å². The first-order valence-electron chi connectivity index (χ1n) is 7.76. The molecule has 0 spiro atoms. The summed E-state index contributed by atoms with van der Waals surface area (Å²) >= 11 is 0. The summed E-state index contributed by atoms with van der Waals surface area (Å²) < 4.78 is 84.0. The molecule has 2 unspecified atom stereocenters. The quantitative estimate of drug-likeness (QED) is 0.668. The van der Waals surface area contributed by atoms with Crippen LogP contribution in [0.15, 0.2) is 24.5 Å². The van der Waals surface area contributed by atoms with Gasteiger partial charge in [-0.2, -0.15) is 13.9 Å². The van der Waals surface area contributed by atoms with E-state index >= 15 is 0 Å². The Labute approximate surface area is 150 Å². The van der Waals surface area contributed by atoms with E-state index in [9.17, 15) is 31.4 Å². The van der Waals surface area contributed by atoms with Crippen LogP contribution in [0.5, 0.6) is 0 Å². The van der Waals surface area contributed by atoms with Gasteiger partial charge in [0.2, 0.25) is 0 Å². The minimum atomic E-state index is -4.92. The molecule has 0 saturated carbocycles. The van der Waals surface area contributed by atoms with Gasteiger partial charge in [-0.25, -0.2) is 22.5 Å². The van der Waals surface area contributed by atoms with Gasteiger partial charge >= 0.3 is 12.5 Å². The van der Waals surface area contributed by atoms with Gasteiger partial charge in [-0.05, 0) is 6.07 Å². The lowest BCUT2D eigenvalue weighted by Crippen LogP contribution is -2.43. The summed E-state index contributed by atoms with van der Waals surface area (Å²) in [6.07, 6.45) is -11.7. The average molecular weight is 397 g/mol.